The first-order valence-electron chi connectivity index (χ1n) is 6.36. The Kier molecular flexibility index (Phi) is 4.54. The summed E-state index contributed by atoms with van der Waals surface area (Å²) in [6.07, 6.45) is 4.54. The lowest BCUT2D eigenvalue weighted by Gasteiger charge is -2.23. The molecule has 0 aliphatic carbocycles. The zero-order chi connectivity index (χ0) is 12.8. The highest BCUT2D eigenvalue weighted by molar-refractivity contribution is 5.43. The zero-order valence-electron chi connectivity index (χ0n) is 10.3. The van der Waals surface area contributed by atoms with Crippen LogP contribution in [0.5, 0.6) is 5.75 Å². The van der Waals surface area contributed by atoms with E-state index in [1.807, 2.05) is 6.07 Å². The summed E-state index contributed by atoms with van der Waals surface area (Å²) in [5.41, 5.74) is -0.00546. The van der Waals surface area contributed by atoms with Gasteiger partial charge in [-0.15, -0.1) is 0 Å². The maximum absolute atomic E-state index is 13.3. The van der Waals surface area contributed by atoms with Crippen molar-refractivity contribution >= 4 is 0 Å². The van der Waals surface area contributed by atoms with Gasteiger partial charge in [0, 0.05) is 6.04 Å². The maximum Gasteiger partial charge on any atom is 0.144 e. The molecule has 1 fully saturated rings. The lowest BCUT2D eigenvalue weighted by molar-refractivity contribution is 0.267. The Labute approximate surface area is 107 Å². The van der Waals surface area contributed by atoms with Crippen LogP contribution in [-0.2, 0) is 0 Å². The third kappa shape index (κ3) is 3.21. The molecule has 1 heterocycles. The minimum atomic E-state index is -0.522. The molecule has 1 aliphatic heterocycles. The predicted octanol–water partition coefficient (Wildman–Crippen LogP) is 2.61. The van der Waals surface area contributed by atoms with Crippen molar-refractivity contribution in [1.82, 2.24) is 5.32 Å². The summed E-state index contributed by atoms with van der Waals surface area (Å²) in [4.78, 5) is 0. The molecule has 96 valence electrons. The van der Waals surface area contributed by atoms with Crippen LogP contribution in [0.25, 0.3) is 0 Å². The lowest BCUT2D eigenvalue weighted by atomic mass is 10.0. The Morgan fingerprint density at radius 3 is 3.06 bits per heavy atom. The molecule has 1 atom stereocenters. The first-order valence-corrected chi connectivity index (χ1v) is 6.36. The van der Waals surface area contributed by atoms with Gasteiger partial charge in [0.25, 0.3) is 0 Å². The van der Waals surface area contributed by atoms with Gasteiger partial charge in [0.2, 0.25) is 0 Å². The summed E-state index contributed by atoms with van der Waals surface area (Å²) in [5, 5.41) is 12.3. The SMILES string of the molecule is N#Cc1c(F)cccc1OCCC1CCCCN1. The molecule has 1 aromatic carbocycles. The minimum absolute atomic E-state index is 0.00546. The fourth-order valence-electron chi connectivity index (χ4n) is 2.21. The van der Waals surface area contributed by atoms with Gasteiger partial charge in [0.05, 0.1) is 6.61 Å². The highest BCUT2D eigenvalue weighted by Gasteiger charge is 2.13. The largest absolute Gasteiger partial charge is 0.492 e. The lowest BCUT2D eigenvalue weighted by Crippen LogP contribution is -2.35. The van der Waals surface area contributed by atoms with Crippen molar-refractivity contribution in [3.63, 3.8) is 0 Å². The van der Waals surface area contributed by atoms with Gasteiger partial charge < -0.3 is 10.1 Å². The summed E-state index contributed by atoms with van der Waals surface area (Å²) in [7, 11) is 0. The molecule has 0 radical (unpaired) electrons. The Hall–Kier alpha value is -1.60. The molecule has 0 amide bonds. The van der Waals surface area contributed by atoms with Crippen molar-refractivity contribution < 1.29 is 9.13 Å². The van der Waals surface area contributed by atoms with E-state index in [-0.39, 0.29) is 5.56 Å². The second kappa shape index (κ2) is 6.36. The minimum Gasteiger partial charge on any atom is -0.492 e. The summed E-state index contributed by atoms with van der Waals surface area (Å²) in [6, 6.07) is 6.79. The number of halogens is 1. The molecule has 0 bridgehead atoms. The molecule has 1 aromatic rings. The second-order valence-electron chi connectivity index (χ2n) is 4.51. The number of piperidine rings is 1. The van der Waals surface area contributed by atoms with Crippen molar-refractivity contribution in [1.29, 1.82) is 5.26 Å². The van der Waals surface area contributed by atoms with E-state index in [1.54, 1.807) is 12.1 Å². The van der Waals surface area contributed by atoms with Gasteiger partial charge in [-0.1, -0.05) is 12.5 Å². The van der Waals surface area contributed by atoms with Crippen LogP contribution in [0.1, 0.15) is 31.2 Å². The van der Waals surface area contributed by atoms with Gasteiger partial charge in [0.1, 0.15) is 23.2 Å². The Balaban J connectivity index is 1.86. The van der Waals surface area contributed by atoms with E-state index < -0.39 is 5.82 Å². The monoisotopic (exact) mass is 248 g/mol. The molecule has 0 saturated carbocycles. The Bertz CT molecular complexity index is 436. The van der Waals surface area contributed by atoms with Crippen LogP contribution in [0, 0.1) is 17.1 Å². The number of ether oxygens (including phenoxy) is 1. The quantitative estimate of drug-likeness (QED) is 0.890. The first-order chi connectivity index (χ1) is 8.81. The van der Waals surface area contributed by atoms with Crippen LogP contribution in [-0.4, -0.2) is 19.2 Å². The first kappa shape index (κ1) is 12.8. The summed E-state index contributed by atoms with van der Waals surface area (Å²) in [6.45, 7) is 1.57. The third-order valence-corrected chi connectivity index (χ3v) is 3.22. The number of nitrogens with one attached hydrogen (secondary N) is 1. The number of hydrogen-bond acceptors (Lipinski definition) is 3. The molecule has 0 aromatic heterocycles. The van der Waals surface area contributed by atoms with Gasteiger partial charge in [0.15, 0.2) is 0 Å². The molecule has 4 heteroatoms. The standard InChI is InChI=1S/C14H17FN2O/c15-13-5-3-6-14(12(13)10-16)18-9-7-11-4-1-2-8-17-11/h3,5-6,11,17H,1-2,4,7-9H2. The topological polar surface area (TPSA) is 45.0 Å². The van der Waals surface area contributed by atoms with Gasteiger partial charge >= 0.3 is 0 Å². The van der Waals surface area contributed by atoms with E-state index in [0.717, 1.165) is 19.4 Å². The van der Waals surface area contributed by atoms with Crippen LogP contribution in [0.2, 0.25) is 0 Å². The van der Waals surface area contributed by atoms with E-state index in [9.17, 15) is 4.39 Å². The Morgan fingerprint density at radius 2 is 2.33 bits per heavy atom. The average molecular weight is 248 g/mol. The molecule has 1 aliphatic rings. The van der Waals surface area contributed by atoms with Gasteiger partial charge in [-0.2, -0.15) is 5.26 Å². The average Bonchev–Trinajstić information content (AvgIpc) is 2.40. The summed E-state index contributed by atoms with van der Waals surface area (Å²) >= 11 is 0. The number of benzene rings is 1. The molecule has 2 rings (SSSR count). The van der Waals surface area contributed by atoms with E-state index in [4.69, 9.17) is 10.00 Å². The van der Waals surface area contributed by atoms with Crippen molar-refractivity contribution in [2.75, 3.05) is 13.2 Å². The fraction of sp³-hybridized carbons (Fsp3) is 0.500. The maximum atomic E-state index is 13.3. The van der Waals surface area contributed by atoms with Crippen molar-refractivity contribution in [3.05, 3.63) is 29.6 Å². The van der Waals surface area contributed by atoms with E-state index >= 15 is 0 Å². The van der Waals surface area contributed by atoms with Gasteiger partial charge in [-0.25, -0.2) is 4.39 Å². The van der Waals surface area contributed by atoms with Crippen molar-refractivity contribution in [3.8, 4) is 11.8 Å². The third-order valence-electron chi connectivity index (χ3n) is 3.22. The van der Waals surface area contributed by atoms with Crippen LogP contribution in [0.3, 0.4) is 0 Å². The van der Waals surface area contributed by atoms with Crippen LogP contribution < -0.4 is 10.1 Å². The normalized spacial score (nSPS) is 19.2. The number of rotatable bonds is 4. The van der Waals surface area contributed by atoms with Crippen LogP contribution in [0.4, 0.5) is 4.39 Å². The molecular weight excluding hydrogens is 231 g/mol. The second-order valence-corrected chi connectivity index (χ2v) is 4.51. The fourth-order valence-corrected chi connectivity index (χ4v) is 2.21. The molecular formula is C14H17FN2O. The summed E-state index contributed by atoms with van der Waals surface area (Å²) < 4.78 is 18.8. The van der Waals surface area contributed by atoms with E-state index in [0.29, 0.717) is 18.4 Å². The van der Waals surface area contributed by atoms with Crippen LogP contribution in [0.15, 0.2) is 18.2 Å². The van der Waals surface area contributed by atoms with Gasteiger partial charge in [-0.05, 0) is 37.9 Å². The number of nitriles is 1. The van der Waals surface area contributed by atoms with Gasteiger partial charge in [-0.3, -0.25) is 0 Å². The highest BCUT2D eigenvalue weighted by Crippen LogP contribution is 2.21. The summed E-state index contributed by atoms with van der Waals surface area (Å²) in [5.74, 6) is -0.181. The highest BCUT2D eigenvalue weighted by atomic mass is 19.1. The Morgan fingerprint density at radius 1 is 1.44 bits per heavy atom. The molecule has 18 heavy (non-hydrogen) atoms. The molecule has 3 nitrogen and oxygen atoms in total. The predicted molar refractivity (Wildman–Crippen MR) is 66.9 cm³/mol. The zero-order valence-corrected chi connectivity index (χ0v) is 10.3. The number of hydrogen-bond donors (Lipinski definition) is 1. The van der Waals surface area contributed by atoms with E-state index in [2.05, 4.69) is 5.32 Å². The smallest absolute Gasteiger partial charge is 0.144 e. The molecule has 1 N–H and O–H groups in total. The molecule has 1 saturated heterocycles. The van der Waals surface area contributed by atoms with Crippen LogP contribution >= 0.6 is 0 Å². The van der Waals surface area contributed by atoms with Crippen molar-refractivity contribution in [2.45, 2.75) is 31.7 Å². The molecule has 0 spiro atoms. The van der Waals surface area contributed by atoms with E-state index in [1.165, 1.54) is 18.9 Å². The van der Waals surface area contributed by atoms with Crippen molar-refractivity contribution in [2.24, 2.45) is 0 Å². The number of nitrogens with zero attached hydrogens (tertiary/aromatic N) is 1. The molecule has 1 unspecified atom stereocenters.